The number of nitrogens with two attached hydrogens (primary N) is 9. The fourth-order valence-electron chi connectivity index (χ4n) is 11.1. The molecule has 0 aliphatic heterocycles. The Morgan fingerprint density at radius 2 is 0.590 bits per heavy atom. The van der Waals surface area contributed by atoms with Gasteiger partial charge in [0.15, 0.2) is 5.78 Å². The van der Waals surface area contributed by atoms with Crippen molar-refractivity contribution in [3.8, 4) is 0 Å². The molecule has 0 spiro atoms. The van der Waals surface area contributed by atoms with Gasteiger partial charge >= 0.3 is 0 Å². The minimum atomic E-state index is -1.53. The van der Waals surface area contributed by atoms with Crippen LogP contribution in [0.15, 0.2) is 91.1 Å². The Balaban J connectivity index is 1.71. The average Bonchev–Trinajstić information content (AvgIpc) is 1.70. The molecule has 11 atom stereocenters. The molecular weight excluding hydrogens is 1360 g/mol. The summed E-state index contributed by atoms with van der Waals surface area (Å²) in [5.41, 5.74) is 53.3. The van der Waals surface area contributed by atoms with Crippen LogP contribution in [0.5, 0.6) is 0 Å². The molecule has 574 valence electrons. The van der Waals surface area contributed by atoms with Crippen molar-refractivity contribution in [1.82, 2.24) is 58.2 Å². The van der Waals surface area contributed by atoms with Gasteiger partial charge in [-0.05, 0) is 133 Å². The Morgan fingerprint density at radius 1 is 0.324 bits per heavy atom. The van der Waals surface area contributed by atoms with Crippen LogP contribution in [0.3, 0.4) is 0 Å². The zero-order chi connectivity index (χ0) is 77.5. The zero-order valence-corrected chi connectivity index (χ0v) is 59.1. The van der Waals surface area contributed by atoms with Crippen LogP contribution in [0.1, 0.15) is 126 Å². The number of amides is 14. The van der Waals surface area contributed by atoms with Crippen molar-refractivity contribution in [1.29, 1.82) is 0 Å². The number of rotatable bonds is 51. The second-order valence-corrected chi connectivity index (χ2v) is 25.5. The number of para-hydroxylation sites is 1. The van der Waals surface area contributed by atoms with Crippen molar-refractivity contribution in [3.63, 3.8) is 0 Å². The number of aromatic amines is 1. The van der Waals surface area contributed by atoms with E-state index < -0.39 is 161 Å². The fourth-order valence-corrected chi connectivity index (χ4v) is 11.1. The summed E-state index contributed by atoms with van der Waals surface area (Å²) in [7, 11) is 0. The number of H-pyrrole nitrogens is 1. The molecule has 14 amide bonds. The number of Topliss-reactive ketones (excluding diaryl/α,β-unsaturated/α-hetero) is 1. The van der Waals surface area contributed by atoms with E-state index in [1.54, 1.807) is 91.1 Å². The van der Waals surface area contributed by atoms with E-state index in [1.807, 2.05) is 0 Å². The van der Waals surface area contributed by atoms with Gasteiger partial charge in [0.2, 0.25) is 82.7 Å². The van der Waals surface area contributed by atoms with E-state index >= 15 is 9.59 Å². The number of hydrogen-bond donors (Lipinski definition) is 20. The molecule has 0 bridgehead atoms. The summed E-state index contributed by atoms with van der Waals surface area (Å²) in [4.78, 5) is 207. The Bertz CT molecular complexity index is 3580. The number of fused-ring (bicyclic) bond motifs is 1. The zero-order valence-electron chi connectivity index (χ0n) is 59.1. The largest absolute Gasteiger partial charge is 0.370 e. The van der Waals surface area contributed by atoms with Crippen molar-refractivity contribution < 1.29 is 71.9 Å². The van der Waals surface area contributed by atoms with E-state index in [2.05, 4.69) is 58.2 Å². The fraction of sp³-hybridized carbons (Fsp3) is 0.500. The lowest BCUT2D eigenvalue weighted by Crippen LogP contribution is -2.61. The lowest BCUT2D eigenvalue weighted by Gasteiger charge is -2.29. The molecule has 3 aromatic carbocycles. The van der Waals surface area contributed by atoms with Crippen LogP contribution >= 0.6 is 0 Å². The van der Waals surface area contributed by atoms with Gasteiger partial charge in [-0.25, -0.2) is 0 Å². The third kappa shape index (κ3) is 31.4. The van der Waals surface area contributed by atoms with Crippen LogP contribution in [-0.4, -0.2) is 186 Å². The predicted molar refractivity (Wildman–Crippen MR) is 387 cm³/mol. The minimum absolute atomic E-state index is 0.0232. The SMILES string of the molecule is CC(=O)[C@H](CCC(N)=O)NC(=O)[C@H](CCC(N)=O)NC(=O)[C@H](CCCN)NC(=O)[C@H](Cc1ccccc1)NC(=O)[C@H](CCCN)NC(=O)[C@H](Cc1c[nH]c2ccccc12)NC(=O)[C@H](CCCN)NC(=O)[C@H](Cc1ccccc1)NC(=O)[C@H](CCCN)NC(=O)[C@H](CCC(N)=O)NC(=O)[C@@H](N)CCC(N)=O. The minimum Gasteiger partial charge on any atom is -0.370 e. The van der Waals surface area contributed by atoms with Crippen LogP contribution in [0.2, 0.25) is 0 Å². The number of hydrogen-bond acceptors (Lipinski definition) is 20. The second-order valence-electron chi connectivity index (χ2n) is 25.5. The summed E-state index contributed by atoms with van der Waals surface area (Å²) in [5, 5.41) is 27.1. The lowest BCUT2D eigenvalue weighted by molar-refractivity contribution is -0.136. The molecule has 35 nitrogen and oxygen atoms in total. The topological polar surface area (TPSA) is 626 Å². The summed E-state index contributed by atoms with van der Waals surface area (Å²) in [6.45, 7) is 1.30. The van der Waals surface area contributed by atoms with E-state index in [1.165, 1.54) is 6.92 Å². The number of carbonyl (C=O) groups excluding carboxylic acids is 15. The van der Waals surface area contributed by atoms with Crippen LogP contribution in [0.25, 0.3) is 10.9 Å². The highest BCUT2D eigenvalue weighted by Crippen LogP contribution is 2.21. The van der Waals surface area contributed by atoms with Gasteiger partial charge < -0.3 is 110 Å². The van der Waals surface area contributed by atoms with Crippen molar-refractivity contribution in [2.75, 3.05) is 26.2 Å². The number of primary amides is 4. The van der Waals surface area contributed by atoms with E-state index in [0.717, 1.165) is 0 Å². The van der Waals surface area contributed by atoms with Crippen LogP contribution in [-0.2, 0) is 91.2 Å². The number of ketones is 1. The molecule has 4 aromatic rings. The highest BCUT2D eigenvalue weighted by atomic mass is 16.2. The molecule has 0 aliphatic rings. The molecule has 0 saturated carbocycles. The first-order valence-electron chi connectivity index (χ1n) is 34.9. The van der Waals surface area contributed by atoms with Gasteiger partial charge in [-0.15, -0.1) is 0 Å². The van der Waals surface area contributed by atoms with Crippen molar-refractivity contribution in [3.05, 3.63) is 108 Å². The van der Waals surface area contributed by atoms with Gasteiger partial charge in [-0.1, -0.05) is 78.9 Å². The summed E-state index contributed by atoms with van der Waals surface area (Å²) >= 11 is 0. The molecule has 1 aromatic heterocycles. The van der Waals surface area contributed by atoms with Crippen molar-refractivity contribution in [2.24, 2.45) is 51.6 Å². The summed E-state index contributed by atoms with van der Waals surface area (Å²) < 4.78 is 0. The molecule has 0 saturated heterocycles. The second kappa shape index (κ2) is 46.1. The van der Waals surface area contributed by atoms with E-state index in [-0.39, 0.29) is 142 Å². The van der Waals surface area contributed by atoms with Crippen LogP contribution < -0.4 is 105 Å². The normalized spacial score (nSPS) is 14.2. The third-order valence-electron chi connectivity index (χ3n) is 17.0. The molecule has 35 heteroatoms. The maximum Gasteiger partial charge on any atom is 0.243 e. The predicted octanol–water partition coefficient (Wildman–Crippen LogP) is -5.02. The molecular formula is C70H104N20O15. The smallest absolute Gasteiger partial charge is 0.243 e. The summed E-state index contributed by atoms with van der Waals surface area (Å²) in [6, 6.07) is 8.26. The first-order valence-corrected chi connectivity index (χ1v) is 34.9. The van der Waals surface area contributed by atoms with Gasteiger partial charge in [0.05, 0.1) is 12.1 Å². The quantitative estimate of drug-likeness (QED) is 0.0197. The van der Waals surface area contributed by atoms with Gasteiger partial charge in [-0.2, -0.15) is 0 Å². The van der Waals surface area contributed by atoms with Crippen molar-refractivity contribution >= 4 is 99.4 Å². The van der Waals surface area contributed by atoms with Crippen molar-refractivity contribution in [2.45, 2.75) is 195 Å². The maximum atomic E-state index is 15.1. The van der Waals surface area contributed by atoms with Gasteiger partial charge in [0, 0.05) is 62.0 Å². The molecule has 0 aliphatic carbocycles. The van der Waals surface area contributed by atoms with Crippen LogP contribution in [0.4, 0.5) is 0 Å². The maximum absolute atomic E-state index is 15.1. The molecule has 0 unspecified atom stereocenters. The summed E-state index contributed by atoms with van der Waals surface area (Å²) in [5.74, 6) is -12.7. The number of aromatic nitrogens is 1. The Labute approximate surface area is 608 Å². The van der Waals surface area contributed by atoms with E-state index in [4.69, 9.17) is 51.6 Å². The number of carbonyl (C=O) groups is 15. The Hall–Kier alpha value is -10.7. The first kappa shape index (κ1) is 86.7. The Kier molecular flexibility index (Phi) is 38.0. The molecule has 29 N–H and O–H groups in total. The molecule has 0 radical (unpaired) electrons. The average molecular weight is 1470 g/mol. The Morgan fingerprint density at radius 3 is 0.924 bits per heavy atom. The van der Waals surface area contributed by atoms with Gasteiger partial charge in [0.1, 0.15) is 54.4 Å². The van der Waals surface area contributed by atoms with Gasteiger partial charge in [0.25, 0.3) is 0 Å². The van der Waals surface area contributed by atoms with Crippen LogP contribution in [0, 0.1) is 0 Å². The molecule has 105 heavy (non-hydrogen) atoms. The number of benzene rings is 3. The highest BCUT2D eigenvalue weighted by Gasteiger charge is 2.37. The lowest BCUT2D eigenvalue weighted by atomic mass is 10.0. The molecule has 0 fully saturated rings. The molecule has 4 rings (SSSR count). The first-order chi connectivity index (χ1) is 50.1. The van der Waals surface area contributed by atoms with E-state index in [9.17, 15) is 62.3 Å². The molecule has 1 heterocycles. The monoisotopic (exact) mass is 1460 g/mol. The third-order valence-corrected chi connectivity index (χ3v) is 17.0. The summed E-state index contributed by atoms with van der Waals surface area (Å²) in [6.07, 6.45) is -1.10. The highest BCUT2D eigenvalue weighted by molar-refractivity contribution is 6.00. The standard InChI is InChI=1S/C70H104N20O15/c1-40(91)46(25-29-58(77)93)81-66(101)53(27-31-60(79)95)87-62(97)48(20-10-32-71)84-68(103)54(36-41-14-4-2-5-15-41)89-64(99)50(22-12-34-73)86-70(105)56(38-43-39-80-47-19-9-8-18-44(43)47)90-65(100)51(23-13-35-74)85-69(104)55(37-42-16-6-3-7-17-42)88-63(98)49(21-11-33-72)83-67(102)52(26-30-59(78)94)82-61(96)45(75)24-28-57(76)92/h2-9,14-19,39,45-46,48-56,80H,10-13,20-38,71-75H2,1H3,(H2,76,92)(H2,77,93)(H2,78,94)(H2,79,95)(H,81,101)(H,82,96)(H,83,102)(H,84,103)(H,85,104)(H,86,105)(H,87,97)(H,88,98)(H,89,99)(H,90,100)/t45-,46-,48-,49-,50-,51-,52-,53-,54-,55-,56-/m0/s1. The number of nitrogens with one attached hydrogen (secondary N) is 11. The van der Waals surface area contributed by atoms with Gasteiger partial charge in [-0.3, -0.25) is 71.9 Å². The van der Waals surface area contributed by atoms with E-state index in [0.29, 0.717) is 27.6 Å².